The van der Waals surface area contributed by atoms with Crippen LogP contribution < -0.4 is 5.32 Å². The van der Waals surface area contributed by atoms with Crippen LogP contribution in [0.5, 0.6) is 0 Å². The number of aliphatic hydroxyl groups excluding tert-OH is 2. The highest BCUT2D eigenvalue weighted by atomic mass is 16.3. The Balaban J connectivity index is 2.52. The van der Waals surface area contributed by atoms with Crippen molar-refractivity contribution in [3.05, 3.63) is 35.4 Å². The van der Waals surface area contributed by atoms with E-state index in [2.05, 4.69) is 12.2 Å². The summed E-state index contributed by atoms with van der Waals surface area (Å²) in [6, 6.07) is 8.14. The van der Waals surface area contributed by atoms with Crippen molar-refractivity contribution >= 4 is 0 Å². The lowest BCUT2D eigenvalue weighted by atomic mass is 10.1. The zero-order valence-electron chi connectivity index (χ0n) is 9.11. The van der Waals surface area contributed by atoms with Gasteiger partial charge in [0.05, 0.1) is 6.61 Å². The van der Waals surface area contributed by atoms with Crippen molar-refractivity contribution in [1.29, 1.82) is 0 Å². The van der Waals surface area contributed by atoms with Crippen molar-refractivity contribution in [1.82, 2.24) is 5.32 Å². The molecule has 1 atom stereocenters. The lowest BCUT2D eigenvalue weighted by molar-refractivity contribution is 0.281. The number of benzene rings is 1. The molecule has 3 N–H and O–H groups in total. The van der Waals surface area contributed by atoms with E-state index in [9.17, 15) is 0 Å². The molecule has 15 heavy (non-hydrogen) atoms. The van der Waals surface area contributed by atoms with Gasteiger partial charge >= 0.3 is 0 Å². The Morgan fingerprint density at radius 2 is 2.13 bits per heavy atom. The second-order valence-electron chi connectivity index (χ2n) is 3.66. The van der Waals surface area contributed by atoms with Gasteiger partial charge < -0.3 is 15.5 Å². The molecule has 3 heteroatoms. The van der Waals surface area contributed by atoms with Crippen molar-refractivity contribution in [2.24, 2.45) is 0 Å². The second kappa shape index (κ2) is 6.56. The van der Waals surface area contributed by atoms with E-state index >= 15 is 0 Å². The summed E-state index contributed by atoms with van der Waals surface area (Å²) in [7, 11) is 0. The van der Waals surface area contributed by atoms with Gasteiger partial charge in [0.25, 0.3) is 0 Å². The Hall–Kier alpha value is -0.900. The van der Waals surface area contributed by atoms with Crippen LogP contribution in [0.25, 0.3) is 0 Å². The molecule has 3 nitrogen and oxygen atoms in total. The number of hydrogen-bond donors (Lipinski definition) is 3. The molecule has 0 heterocycles. The van der Waals surface area contributed by atoms with Gasteiger partial charge in [-0.05, 0) is 31.0 Å². The quantitative estimate of drug-likeness (QED) is 0.617. The van der Waals surface area contributed by atoms with Gasteiger partial charge in [-0.3, -0.25) is 0 Å². The Morgan fingerprint density at radius 1 is 1.33 bits per heavy atom. The Bertz CT molecular complexity index is 289. The molecule has 0 aliphatic rings. The smallest absolute Gasteiger partial charge is 0.0681 e. The lowest BCUT2D eigenvalue weighted by Crippen LogP contribution is -2.20. The Morgan fingerprint density at radius 3 is 2.80 bits per heavy atom. The first kappa shape index (κ1) is 12.2. The van der Waals surface area contributed by atoms with Crippen molar-refractivity contribution in [2.75, 3.05) is 13.2 Å². The van der Waals surface area contributed by atoms with Gasteiger partial charge in [0.2, 0.25) is 0 Å². The average molecular weight is 209 g/mol. The molecule has 0 saturated carbocycles. The third kappa shape index (κ3) is 4.00. The molecule has 0 radical (unpaired) electrons. The number of aliphatic hydroxyl groups is 2. The van der Waals surface area contributed by atoms with Crippen molar-refractivity contribution in [3.8, 4) is 0 Å². The van der Waals surface area contributed by atoms with Gasteiger partial charge in [0.15, 0.2) is 0 Å². The minimum Gasteiger partial charge on any atom is -0.396 e. The van der Waals surface area contributed by atoms with Gasteiger partial charge in [0, 0.05) is 12.6 Å². The summed E-state index contributed by atoms with van der Waals surface area (Å²) in [5.74, 6) is 0. The van der Waals surface area contributed by atoms with Crippen LogP contribution in [0.4, 0.5) is 0 Å². The van der Waals surface area contributed by atoms with Crippen LogP contribution in [-0.2, 0) is 6.61 Å². The summed E-state index contributed by atoms with van der Waals surface area (Å²) >= 11 is 0. The molecule has 84 valence electrons. The molecule has 1 aromatic carbocycles. The fourth-order valence-electron chi connectivity index (χ4n) is 1.48. The second-order valence-corrected chi connectivity index (χ2v) is 3.66. The average Bonchev–Trinajstić information content (AvgIpc) is 2.29. The van der Waals surface area contributed by atoms with Crippen molar-refractivity contribution in [3.63, 3.8) is 0 Å². The van der Waals surface area contributed by atoms with E-state index in [0.717, 1.165) is 18.5 Å². The standard InChI is InChI=1S/C12H19NO2/c1-10(13-6-3-7-14)12-5-2-4-11(8-12)9-15/h2,4-5,8,10,13-15H,3,6-7,9H2,1H3. The maximum absolute atomic E-state index is 9.00. The maximum Gasteiger partial charge on any atom is 0.0681 e. The van der Waals surface area contributed by atoms with Crippen LogP contribution in [0.15, 0.2) is 24.3 Å². The Kier molecular flexibility index (Phi) is 5.32. The molecular weight excluding hydrogens is 190 g/mol. The van der Waals surface area contributed by atoms with Crippen molar-refractivity contribution in [2.45, 2.75) is 26.0 Å². The predicted octanol–water partition coefficient (Wildman–Crippen LogP) is 1.21. The molecule has 1 rings (SSSR count). The largest absolute Gasteiger partial charge is 0.396 e. The third-order valence-corrected chi connectivity index (χ3v) is 2.42. The van der Waals surface area contributed by atoms with Crippen LogP contribution in [0, 0.1) is 0 Å². The van der Waals surface area contributed by atoms with Gasteiger partial charge in [-0.1, -0.05) is 24.3 Å². The van der Waals surface area contributed by atoms with Crippen molar-refractivity contribution < 1.29 is 10.2 Å². The summed E-state index contributed by atoms with van der Waals surface area (Å²) < 4.78 is 0. The van der Waals surface area contributed by atoms with Gasteiger partial charge in [0.1, 0.15) is 0 Å². The van der Waals surface area contributed by atoms with Gasteiger partial charge in [-0.2, -0.15) is 0 Å². The van der Waals surface area contributed by atoms with Crippen LogP contribution in [0.2, 0.25) is 0 Å². The van der Waals surface area contributed by atoms with E-state index in [4.69, 9.17) is 10.2 Å². The molecule has 0 spiro atoms. The lowest BCUT2D eigenvalue weighted by Gasteiger charge is -2.14. The fraction of sp³-hybridized carbons (Fsp3) is 0.500. The molecule has 0 aliphatic heterocycles. The summed E-state index contributed by atoms with van der Waals surface area (Å²) in [5.41, 5.74) is 2.10. The summed E-state index contributed by atoms with van der Waals surface area (Å²) in [5, 5.41) is 21.0. The molecular formula is C12H19NO2. The van der Waals surface area contributed by atoms with Crippen LogP contribution in [0.3, 0.4) is 0 Å². The van der Waals surface area contributed by atoms with E-state index in [1.54, 1.807) is 0 Å². The molecule has 0 saturated heterocycles. The number of rotatable bonds is 6. The highest BCUT2D eigenvalue weighted by Crippen LogP contribution is 2.13. The normalized spacial score (nSPS) is 12.7. The summed E-state index contributed by atoms with van der Waals surface area (Å²) in [6.07, 6.45) is 0.768. The molecule has 0 aliphatic carbocycles. The fourth-order valence-corrected chi connectivity index (χ4v) is 1.48. The molecule has 1 aromatic rings. The minimum absolute atomic E-state index is 0.0806. The first-order valence-corrected chi connectivity index (χ1v) is 5.32. The van der Waals surface area contributed by atoms with Gasteiger partial charge in [-0.25, -0.2) is 0 Å². The van der Waals surface area contributed by atoms with Crippen LogP contribution >= 0.6 is 0 Å². The van der Waals surface area contributed by atoms with E-state index < -0.39 is 0 Å². The van der Waals surface area contributed by atoms with Crippen LogP contribution in [-0.4, -0.2) is 23.4 Å². The highest BCUT2D eigenvalue weighted by molar-refractivity contribution is 5.25. The minimum atomic E-state index is 0.0806. The van der Waals surface area contributed by atoms with Crippen LogP contribution in [0.1, 0.15) is 30.5 Å². The zero-order chi connectivity index (χ0) is 11.1. The Labute approximate surface area is 90.8 Å². The van der Waals surface area contributed by atoms with E-state index in [1.807, 2.05) is 24.3 Å². The highest BCUT2D eigenvalue weighted by Gasteiger charge is 2.04. The third-order valence-electron chi connectivity index (χ3n) is 2.42. The topological polar surface area (TPSA) is 52.5 Å². The maximum atomic E-state index is 9.00. The van der Waals surface area contributed by atoms with E-state index in [1.165, 1.54) is 5.56 Å². The molecule has 0 bridgehead atoms. The zero-order valence-corrected chi connectivity index (χ0v) is 9.11. The predicted molar refractivity (Wildman–Crippen MR) is 60.5 cm³/mol. The summed E-state index contributed by atoms with van der Waals surface area (Å²) in [6.45, 7) is 3.18. The SMILES string of the molecule is CC(NCCCO)c1cccc(CO)c1. The molecule has 0 fully saturated rings. The van der Waals surface area contributed by atoms with E-state index in [0.29, 0.717) is 0 Å². The molecule has 0 aromatic heterocycles. The van der Waals surface area contributed by atoms with E-state index in [-0.39, 0.29) is 19.3 Å². The number of nitrogens with one attached hydrogen (secondary N) is 1. The monoisotopic (exact) mass is 209 g/mol. The first-order chi connectivity index (χ1) is 7.27. The van der Waals surface area contributed by atoms with Gasteiger partial charge in [-0.15, -0.1) is 0 Å². The molecule has 0 amide bonds. The first-order valence-electron chi connectivity index (χ1n) is 5.32. The number of hydrogen-bond acceptors (Lipinski definition) is 3. The summed E-state index contributed by atoms with van der Waals surface area (Å²) in [4.78, 5) is 0. The molecule has 1 unspecified atom stereocenters.